The minimum absolute atomic E-state index is 0.875. The highest BCUT2D eigenvalue weighted by Gasteiger charge is 2.13. The van der Waals surface area contributed by atoms with Crippen molar-refractivity contribution in [2.75, 3.05) is 5.32 Å². The second kappa shape index (κ2) is 8.44. The second-order valence-electron chi connectivity index (χ2n) is 9.10. The molecular weight excluding hydrogens is 438 g/mol. The molecule has 1 heterocycles. The van der Waals surface area contributed by atoms with Crippen molar-refractivity contribution >= 4 is 44.1 Å². The molecule has 7 rings (SSSR count). The van der Waals surface area contributed by atoms with Gasteiger partial charge in [0, 0.05) is 16.5 Å². The van der Waals surface area contributed by atoms with E-state index in [4.69, 9.17) is 4.42 Å². The number of rotatable bonds is 4. The summed E-state index contributed by atoms with van der Waals surface area (Å²) in [5.74, 6) is 0. The summed E-state index contributed by atoms with van der Waals surface area (Å²) >= 11 is 0. The van der Waals surface area contributed by atoms with Gasteiger partial charge in [0.05, 0.1) is 5.69 Å². The zero-order valence-corrected chi connectivity index (χ0v) is 19.6. The van der Waals surface area contributed by atoms with Crippen LogP contribution in [-0.2, 0) is 0 Å². The Balaban J connectivity index is 1.28. The van der Waals surface area contributed by atoms with Crippen molar-refractivity contribution in [3.63, 3.8) is 0 Å². The lowest BCUT2D eigenvalue weighted by molar-refractivity contribution is 0.670. The first-order chi connectivity index (χ1) is 17.8. The monoisotopic (exact) mass is 461 g/mol. The molecule has 170 valence electrons. The molecule has 0 aliphatic heterocycles. The summed E-state index contributed by atoms with van der Waals surface area (Å²) in [5, 5.41) is 8.34. The maximum atomic E-state index is 6.38. The molecule has 0 unspecified atom stereocenters. The average Bonchev–Trinajstić information content (AvgIpc) is 3.34. The van der Waals surface area contributed by atoms with Gasteiger partial charge in [-0.05, 0) is 63.4 Å². The Morgan fingerprint density at radius 1 is 0.472 bits per heavy atom. The largest absolute Gasteiger partial charge is 0.454 e. The molecular formula is C34H23NO. The minimum atomic E-state index is 0.875. The predicted octanol–water partition coefficient (Wildman–Crippen LogP) is 9.82. The first-order valence-corrected chi connectivity index (χ1v) is 12.2. The lowest BCUT2D eigenvalue weighted by atomic mass is 9.99. The van der Waals surface area contributed by atoms with Gasteiger partial charge in [-0.15, -0.1) is 0 Å². The third-order valence-electron chi connectivity index (χ3n) is 6.83. The number of hydrogen-bond donors (Lipinski definition) is 1. The highest BCUT2D eigenvalue weighted by atomic mass is 16.3. The van der Waals surface area contributed by atoms with Crippen LogP contribution in [0.2, 0.25) is 0 Å². The summed E-state index contributed by atoms with van der Waals surface area (Å²) in [6, 6.07) is 46.7. The Morgan fingerprint density at radius 3 is 2.03 bits per heavy atom. The molecule has 1 aromatic heterocycles. The fraction of sp³-hybridized carbons (Fsp3) is 0. The fourth-order valence-corrected chi connectivity index (χ4v) is 5.11. The van der Waals surface area contributed by atoms with Crippen LogP contribution < -0.4 is 5.32 Å². The van der Waals surface area contributed by atoms with Gasteiger partial charge < -0.3 is 9.73 Å². The highest BCUT2D eigenvalue weighted by Crippen LogP contribution is 2.38. The van der Waals surface area contributed by atoms with Gasteiger partial charge in [0.15, 0.2) is 5.58 Å². The Morgan fingerprint density at radius 2 is 1.14 bits per heavy atom. The molecule has 1 N–H and O–H groups in total. The van der Waals surface area contributed by atoms with Crippen LogP contribution in [0.15, 0.2) is 138 Å². The molecule has 0 atom stereocenters. The van der Waals surface area contributed by atoms with Crippen molar-refractivity contribution < 1.29 is 4.42 Å². The Hall–Kier alpha value is -4.82. The first-order valence-electron chi connectivity index (χ1n) is 12.2. The second-order valence-corrected chi connectivity index (χ2v) is 9.10. The molecule has 0 fully saturated rings. The molecule has 7 aromatic rings. The number of benzene rings is 6. The van der Waals surface area contributed by atoms with Crippen molar-refractivity contribution in [1.29, 1.82) is 0 Å². The van der Waals surface area contributed by atoms with Crippen LogP contribution >= 0.6 is 0 Å². The lowest BCUT2D eigenvalue weighted by Gasteiger charge is -2.10. The first kappa shape index (κ1) is 20.5. The van der Waals surface area contributed by atoms with Gasteiger partial charge in [0.1, 0.15) is 5.58 Å². The SMILES string of the molecule is c1ccc(-c2cccc(-c3cccc(Nc4cccc5c4oc4ccc6ccccc6c45)c3)c2)cc1. The molecule has 36 heavy (non-hydrogen) atoms. The van der Waals surface area contributed by atoms with Gasteiger partial charge in [0.2, 0.25) is 0 Å². The predicted molar refractivity (Wildman–Crippen MR) is 152 cm³/mol. The molecule has 0 amide bonds. The molecule has 0 bridgehead atoms. The number of hydrogen-bond acceptors (Lipinski definition) is 2. The normalized spacial score (nSPS) is 11.3. The van der Waals surface area contributed by atoms with Crippen LogP contribution in [0.3, 0.4) is 0 Å². The van der Waals surface area contributed by atoms with E-state index >= 15 is 0 Å². The number of furan rings is 1. The molecule has 0 saturated heterocycles. The van der Waals surface area contributed by atoms with Gasteiger partial charge in [-0.3, -0.25) is 0 Å². The summed E-state index contributed by atoms with van der Waals surface area (Å²) in [6.07, 6.45) is 0. The summed E-state index contributed by atoms with van der Waals surface area (Å²) in [5.41, 5.74) is 8.56. The van der Waals surface area contributed by atoms with E-state index in [0.29, 0.717) is 0 Å². The van der Waals surface area contributed by atoms with E-state index in [1.807, 2.05) is 6.07 Å². The van der Waals surface area contributed by atoms with Crippen LogP contribution in [0.4, 0.5) is 11.4 Å². The van der Waals surface area contributed by atoms with Gasteiger partial charge in [-0.2, -0.15) is 0 Å². The summed E-state index contributed by atoms with van der Waals surface area (Å²) in [4.78, 5) is 0. The maximum Gasteiger partial charge on any atom is 0.158 e. The fourth-order valence-electron chi connectivity index (χ4n) is 5.11. The topological polar surface area (TPSA) is 25.2 Å². The Labute approximate surface area is 209 Å². The van der Waals surface area contributed by atoms with Crippen LogP contribution in [0, 0.1) is 0 Å². The third-order valence-corrected chi connectivity index (χ3v) is 6.83. The standard InChI is InChI=1S/C34H23NO/c1-2-9-23(10-3-1)25-12-6-13-26(21-25)27-14-7-15-28(22-27)35-31-18-8-17-30-33-29-16-5-4-11-24(29)19-20-32(33)36-34(30)31/h1-22,35H. The Bertz CT molecular complexity index is 1860. The van der Waals surface area contributed by atoms with E-state index in [-0.39, 0.29) is 0 Å². The van der Waals surface area contributed by atoms with Crippen LogP contribution in [-0.4, -0.2) is 0 Å². The smallest absolute Gasteiger partial charge is 0.158 e. The molecule has 0 saturated carbocycles. The zero-order valence-electron chi connectivity index (χ0n) is 19.6. The van der Waals surface area contributed by atoms with E-state index in [2.05, 4.69) is 133 Å². The molecule has 0 aliphatic carbocycles. The quantitative estimate of drug-likeness (QED) is 0.282. The third kappa shape index (κ3) is 3.52. The van der Waals surface area contributed by atoms with Gasteiger partial charge in [-0.1, -0.05) is 103 Å². The van der Waals surface area contributed by atoms with E-state index in [1.165, 1.54) is 38.4 Å². The average molecular weight is 462 g/mol. The van der Waals surface area contributed by atoms with E-state index in [9.17, 15) is 0 Å². The van der Waals surface area contributed by atoms with E-state index in [0.717, 1.165) is 27.9 Å². The number of anilines is 2. The molecule has 0 aliphatic rings. The van der Waals surface area contributed by atoms with E-state index in [1.54, 1.807) is 0 Å². The molecule has 0 spiro atoms. The summed E-state index contributed by atoms with van der Waals surface area (Å²) in [7, 11) is 0. The maximum absolute atomic E-state index is 6.38. The van der Waals surface area contributed by atoms with Crippen LogP contribution in [0.5, 0.6) is 0 Å². The van der Waals surface area contributed by atoms with Crippen LogP contribution in [0.25, 0.3) is 55.0 Å². The van der Waals surface area contributed by atoms with Crippen molar-refractivity contribution in [2.45, 2.75) is 0 Å². The van der Waals surface area contributed by atoms with Crippen LogP contribution in [0.1, 0.15) is 0 Å². The van der Waals surface area contributed by atoms with Gasteiger partial charge in [0.25, 0.3) is 0 Å². The molecule has 0 radical (unpaired) electrons. The van der Waals surface area contributed by atoms with Crippen molar-refractivity contribution in [2.24, 2.45) is 0 Å². The van der Waals surface area contributed by atoms with Crippen molar-refractivity contribution in [3.05, 3.63) is 133 Å². The molecule has 6 aromatic carbocycles. The van der Waals surface area contributed by atoms with E-state index < -0.39 is 0 Å². The van der Waals surface area contributed by atoms with Crippen molar-refractivity contribution in [1.82, 2.24) is 0 Å². The summed E-state index contributed by atoms with van der Waals surface area (Å²) < 4.78 is 6.38. The molecule has 2 nitrogen and oxygen atoms in total. The zero-order chi connectivity index (χ0) is 23.9. The lowest BCUT2D eigenvalue weighted by Crippen LogP contribution is -1.91. The highest BCUT2D eigenvalue weighted by molar-refractivity contribution is 6.20. The molecule has 2 heteroatoms. The van der Waals surface area contributed by atoms with Crippen molar-refractivity contribution in [3.8, 4) is 22.3 Å². The van der Waals surface area contributed by atoms with Gasteiger partial charge in [-0.25, -0.2) is 0 Å². The number of para-hydroxylation sites is 1. The minimum Gasteiger partial charge on any atom is -0.454 e. The Kier molecular flexibility index (Phi) is 4.82. The summed E-state index contributed by atoms with van der Waals surface area (Å²) in [6.45, 7) is 0. The number of fused-ring (bicyclic) bond motifs is 5. The number of nitrogens with one attached hydrogen (secondary N) is 1. The van der Waals surface area contributed by atoms with Gasteiger partial charge >= 0.3 is 0 Å².